The molecule has 1 N–H and O–H groups in total. The van der Waals surface area contributed by atoms with Gasteiger partial charge >= 0.3 is 4.87 Å². The number of thiazole rings is 1. The Morgan fingerprint density at radius 2 is 1.71 bits per heavy atom. The van der Waals surface area contributed by atoms with Gasteiger partial charge in [0, 0.05) is 16.5 Å². The average Bonchev–Trinajstić information content (AvgIpc) is 3.38. The van der Waals surface area contributed by atoms with E-state index in [1.54, 1.807) is 30.3 Å². The molecule has 0 saturated carbocycles. The summed E-state index contributed by atoms with van der Waals surface area (Å²) < 4.78 is 15.0. The molecule has 7 nitrogen and oxygen atoms in total. The molecular weight excluding hydrogens is 608 g/mol. The van der Waals surface area contributed by atoms with Crippen LogP contribution in [0.5, 0.6) is 0 Å². The SMILES string of the molecule is Cc1ccccc1NC(=O)Cn1c2c(sc1=O)[C@@H](c1cccc(Cl)c1Cl)[C@@H]1C(=O)N(c3ccc(F)cc3)C(=O)[C@@H]1S2. The van der Waals surface area contributed by atoms with Gasteiger partial charge in [-0.2, -0.15) is 0 Å². The Labute approximate surface area is 251 Å². The monoisotopic (exact) mass is 627 g/mol. The van der Waals surface area contributed by atoms with Gasteiger partial charge in [0.05, 0.1) is 26.7 Å². The van der Waals surface area contributed by atoms with Crippen LogP contribution in [0.1, 0.15) is 21.9 Å². The third kappa shape index (κ3) is 4.78. The molecule has 1 saturated heterocycles. The Kier molecular flexibility index (Phi) is 7.27. The molecule has 0 aliphatic carbocycles. The molecule has 1 aromatic heterocycles. The molecule has 3 atom stereocenters. The fraction of sp³-hybridized carbons (Fsp3) is 0.172. The third-order valence-corrected chi connectivity index (χ3v) is 10.6. The van der Waals surface area contributed by atoms with Gasteiger partial charge in [-0.1, -0.05) is 76.6 Å². The zero-order valence-electron chi connectivity index (χ0n) is 21.3. The van der Waals surface area contributed by atoms with Crippen LogP contribution in [-0.2, 0) is 20.9 Å². The zero-order valence-corrected chi connectivity index (χ0v) is 24.4. The van der Waals surface area contributed by atoms with Gasteiger partial charge in [-0.15, -0.1) is 0 Å². The molecular formula is C29H20Cl2FN3O4S2. The largest absolute Gasteiger partial charge is 0.324 e. The Hall–Kier alpha value is -3.44. The zero-order chi connectivity index (χ0) is 29.0. The number of imide groups is 1. The number of carbonyl (C=O) groups excluding carboxylic acids is 3. The first-order chi connectivity index (χ1) is 19.7. The Morgan fingerprint density at radius 1 is 0.976 bits per heavy atom. The van der Waals surface area contributed by atoms with Crippen LogP contribution in [0.15, 0.2) is 76.6 Å². The lowest BCUT2D eigenvalue weighted by Gasteiger charge is -2.31. The molecule has 3 aromatic carbocycles. The van der Waals surface area contributed by atoms with E-state index >= 15 is 0 Å². The van der Waals surface area contributed by atoms with E-state index in [0.29, 0.717) is 21.2 Å². The highest BCUT2D eigenvalue weighted by Gasteiger charge is 2.57. The number of halogens is 3. The molecule has 208 valence electrons. The maximum Gasteiger partial charge on any atom is 0.308 e. The van der Waals surface area contributed by atoms with Crippen molar-refractivity contribution in [2.75, 3.05) is 10.2 Å². The maximum absolute atomic E-state index is 13.9. The van der Waals surface area contributed by atoms with E-state index < -0.39 is 45.5 Å². The molecule has 3 heterocycles. The van der Waals surface area contributed by atoms with Crippen molar-refractivity contribution in [1.82, 2.24) is 4.57 Å². The molecule has 1 fully saturated rings. The molecule has 4 aromatic rings. The highest BCUT2D eigenvalue weighted by atomic mass is 35.5. The van der Waals surface area contributed by atoms with Crippen LogP contribution >= 0.6 is 46.3 Å². The van der Waals surface area contributed by atoms with Gasteiger partial charge in [0.15, 0.2) is 0 Å². The number of aryl methyl sites for hydroxylation is 1. The second-order valence-corrected chi connectivity index (χ2v) is 12.6. The predicted octanol–water partition coefficient (Wildman–Crippen LogP) is 6.10. The van der Waals surface area contributed by atoms with Crippen molar-refractivity contribution in [2.45, 2.75) is 29.7 Å². The van der Waals surface area contributed by atoms with Crippen LogP contribution in [0.2, 0.25) is 10.0 Å². The number of rotatable bonds is 5. The summed E-state index contributed by atoms with van der Waals surface area (Å²) in [6.07, 6.45) is 0. The molecule has 0 spiro atoms. The second kappa shape index (κ2) is 10.8. The van der Waals surface area contributed by atoms with Crippen LogP contribution in [-0.4, -0.2) is 27.5 Å². The van der Waals surface area contributed by atoms with Crippen molar-refractivity contribution < 1.29 is 18.8 Å². The number of nitrogens with one attached hydrogen (secondary N) is 1. The number of hydrogen-bond acceptors (Lipinski definition) is 6. The van der Waals surface area contributed by atoms with Gasteiger partial charge in [-0.25, -0.2) is 9.29 Å². The van der Waals surface area contributed by atoms with Crippen LogP contribution in [0.3, 0.4) is 0 Å². The summed E-state index contributed by atoms with van der Waals surface area (Å²) in [7, 11) is 0. The number of benzene rings is 3. The topological polar surface area (TPSA) is 88.5 Å². The fourth-order valence-electron chi connectivity index (χ4n) is 5.24. The number of thioether (sulfide) groups is 1. The first-order valence-corrected chi connectivity index (χ1v) is 14.9. The van der Waals surface area contributed by atoms with Gasteiger partial charge in [0.1, 0.15) is 17.6 Å². The summed E-state index contributed by atoms with van der Waals surface area (Å²) >= 11 is 15.0. The Balaban J connectivity index is 1.44. The van der Waals surface area contributed by atoms with E-state index in [4.69, 9.17) is 23.2 Å². The van der Waals surface area contributed by atoms with Crippen LogP contribution in [0, 0.1) is 18.7 Å². The number of fused-ring (bicyclic) bond motifs is 2. The van der Waals surface area contributed by atoms with Crippen molar-refractivity contribution >= 4 is 75.4 Å². The Bertz CT molecular complexity index is 1790. The summed E-state index contributed by atoms with van der Waals surface area (Å²) in [6, 6.07) is 17.4. The molecule has 41 heavy (non-hydrogen) atoms. The number of carbonyl (C=O) groups is 3. The first-order valence-electron chi connectivity index (χ1n) is 12.5. The van der Waals surface area contributed by atoms with Crippen molar-refractivity contribution in [3.63, 3.8) is 0 Å². The fourth-order valence-corrected chi connectivity index (χ4v) is 8.43. The smallest absolute Gasteiger partial charge is 0.308 e. The third-order valence-electron chi connectivity index (χ3n) is 7.17. The summed E-state index contributed by atoms with van der Waals surface area (Å²) in [5.74, 6) is -3.59. The van der Waals surface area contributed by atoms with Crippen molar-refractivity contribution in [2.24, 2.45) is 5.92 Å². The standard InChI is InChI=1S/C29H20Cl2FN3O4S2/c1-14-5-2-3-8-19(14)33-20(36)13-34-28-25(41-29(34)39)21(17-6-4-7-18(30)23(17)31)22-24(40-28)27(38)35(26(22)37)16-11-9-15(32)10-12-16/h2-12,21-22,24H,13H2,1H3,(H,33,36)/t21-,22-,24+/m0/s1. The molecule has 0 bridgehead atoms. The van der Waals surface area contributed by atoms with E-state index in [1.165, 1.54) is 28.8 Å². The molecule has 2 aliphatic heterocycles. The normalized spacial score (nSPS) is 19.7. The highest BCUT2D eigenvalue weighted by Crippen LogP contribution is 2.55. The summed E-state index contributed by atoms with van der Waals surface area (Å²) in [4.78, 5) is 55.2. The number of hydrogen-bond donors (Lipinski definition) is 1. The van der Waals surface area contributed by atoms with E-state index in [9.17, 15) is 23.6 Å². The number of para-hydroxylation sites is 1. The molecule has 0 radical (unpaired) electrons. The minimum atomic E-state index is -0.917. The van der Waals surface area contributed by atoms with Crippen molar-refractivity contribution in [3.8, 4) is 0 Å². The minimum absolute atomic E-state index is 0.209. The minimum Gasteiger partial charge on any atom is -0.324 e. The van der Waals surface area contributed by atoms with E-state index in [-0.39, 0.29) is 22.3 Å². The van der Waals surface area contributed by atoms with E-state index in [1.807, 2.05) is 19.1 Å². The summed E-state index contributed by atoms with van der Waals surface area (Å²) in [5.41, 5.74) is 2.23. The van der Waals surface area contributed by atoms with Gasteiger partial charge in [0.2, 0.25) is 17.7 Å². The van der Waals surface area contributed by atoms with Gasteiger partial charge < -0.3 is 5.32 Å². The molecule has 6 rings (SSSR count). The quantitative estimate of drug-likeness (QED) is 0.270. The van der Waals surface area contributed by atoms with Crippen LogP contribution < -0.4 is 15.1 Å². The van der Waals surface area contributed by atoms with E-state index in [2.05, 4.69) is 5.32 Å². The summed E-state index contributed by atoms with van der Waals surface area (Å²) in [5, 5.41) is 2.81. The molecule has 0 unspecified atom stereocenters. The Morgan fingerprint density at radius 3 is 2.44 bits per heavy atom. The second-order valence-electron chi connectivity index (χ2n) is 9.66. The number of nitrogens with zero attached hydrogens (tertiary/aromatic N) is 2. The number of anilines is 2. The van der Waals surface area contributed by atoms with Crippen molar-refractivity contribution in [3.05, 3.63) is 108 Å². The average molecular weight is 629 g/mol. The van der Waals surface area contributed by atoms with Crippen LogP contribution in [0.4, 0.5) is 15.8 Å². The number of amides is 3. The lowest BCUT2D eigenvalue weighted by Crippen LogP contribution is -2.33. The lowest BCUT2D eigenvalue weighted by molar-refractivity contribution is -0.122. The van der Waals surface area contributed by atoms with Gasteiger partial charge in [-0.3, -0.25) is 23.7 Å². The highest BCUT2D eigenvalue weighted by molar-refractivity contribution is 8.00. The predicted molar refractivity (Wildman–Crippen MR) is 159 cm³/mol. The lowest BCUT2D eigenvalue weighted by atomic mass is 9.83. The first kappa shape index (κ1) is 27.7. The van der Waals surface area contributed by atoms with Crippen LogP contribution in [0.25, 0.3) is 0 Å². The summed E-state index contributed by atoms with van der Waals surface area (Å²) in [6.45, 7) is 1.57. The molecule has 3 amide bonds. The number of aromatic nitrogens is 1. The van der Waals surface area contributed by atoms with Crippen molar-refractivity contribution in [1.29, 1.82) is 0 Å². The van der Waals surface area contributed by atoms with E-state index in [0.717, 1.165) is 33.6 Å². The maximum atomic E-state index is 13.9. The molecule has 12 heteroatoms. The molecule has 2 aliphatic rings. The van der Waals surface area contributed by atoms with Gasteiger partial charge in [-0.05, 0) is 54.4 Å². The van der Waals surface area contributed by atoms with Gasteiger partial charge in [0.25, 0.3) is 0 Å².